The van der Waals surface area contributed by atoms with Gasteiger partial charge in [-0.1, -0.05) is 35.0 Å². The summed E-state index contributed by atoms with van der Waals surface area (Å²) in [5, 5.41) is 19.4. The Morgan fingerprint density at radius 2 is 2.13 bits per heavy atom. The molecule has 0 bridgehead atoms. The quantitative estimate of drug-likeness (QED) is 0.595. The third-order valence-corrected chi connectivity index (χ3v) is 6.12. The van der Waals surface area contributed by atoms with Crippen LogP contribution in [0.5, 0.6) is 0 Å². The third-order valence-electron chi connectivity index (χ3n) is 4.78. The predicted molar refractivity (Wildman–Crippen MR) is 117 cm³/mol. The van der Waals surface area contributed by atoms with E-state index in [2.05, 4.69) is 36.3 Å². The number of hydrogen-bond acceptors (Lipinski definition) is 8. The SMILES string of the molecule is COC1(C#Cc2cc(Cl)ccc2Cl)CCN(c2ccc(-c3nc(CO)ns3)nn2)C1. The van der Waals surface area contributed by atoms with Gasteiger partial charge in [-0.3, -0.25) is 0 Å². The van der Waals surface area contributed by atoms with Crippen LogP contribution in [0.2, 0.25) is 10.0 Å². The lowest BCUT2D eigenvalue weighted by Gasteiger charge is -2.22. The standard InChI is InChI=1S/C20H17Cl2N5O2S/c1-29-20(7-6-13-10-14(21)2-3-15(13)22)8-9-27(12-20)18-5-4-16(24-25-18)19-23-17(11-28)26-30-19/h2-5,10,28H,8-9,11-12H2,1H3. The number of methoxy groups -OCH3 is 1. The molecule has 3 aromatic rings. The van der Waals surface area contributed by atoms with E-state index in [1.54, 1.807) is 25.3 Å². The third kappa shape index (κ3) is 4.41. The topological polar surface area (TPSA) is 84.3 Å². The minimum atomic E-state index is -0.638. The van der Waals surface area contributed by atoms with Gasteiger partial charge in [0.2, 0.25) is 0 Å². The number of hydrogen-bond donors (Lipinski definition) is 1. The van der Waals surface area contributed by atoms with Gasteiger partial charge in [-0.05, 0) is 41.9 Å². The Hall–Kier alpha value is -2.28. The molecule has 30 heavy (non-hydrogen) atoms. The zero-order valence-corrected chi connectivity index (χ0v) is 18.3. The molecule has 1 N–H and O–H groups in total. The van der Waals surface area contributed by atoms with E-state index in [-0.39, 0.29) is 6.61 Å². The molecule has 0 radical (unpaired) electrons. The van der Waals surface area contributed by atoms with Crippen LogP contribution in [0.15, 0.2) is 30.3 Å². The molecule has 1 aliphatic rings. The van der Waals surface area contributed by atoms with Crippen molar-refractivity contribution in [3.63, 3.8) is 0 Å². The number of nitrogens with zero attached hydrogens (tertiary/aromatic N) is 5. The van der Waals surface area contributed by atoms with E-state index in [0.29, 0.717) is 45.1 Å². The summed E-state index contributed by atoms with van der Waals surface area (Å²) in [7, 11) is 1.65. The fourth-order valence-electron chi connectivity index (χ4n) is 3.10. The van der Waals surface area contributed by atoms with E-state index in [1.807, 2.05) is 12.1 Å². The van der Waals surface area contributed by atoms with Crippen molar-refractivity contribution in [1.82, 2.24) is 19.6 Å². The second-order valence-corrected chi connectivity index (χ2v) is 8.29. The van der Waals surface area contributed by atoms with Crippen molar-refractivity contribution in [3.05, 3.63) is 51.8 Å². The van der Waals surface area contributed by atoms with Crippen LogP contribution in [0.25, 0.3) is 10.7 Å². The molecule has 0 spiro atoms. The number of aliphatic hydroxyl groups is 1. The van der Waals surface area contributed by atoms with Gasteiger partial charge in [-0.15, -0.1) is 10.2 Å². The highest BCUT2D eigenvalue weighted by atomic mass is 35.5. The van der Waals surface area contributed by atoms with Gasteiger partial charge in [-0.2, -0.15) is 4.37 Å². The Kier molecular flexibility index (Phi) is 6.18. The first-order valence-electron chi connectivity index (χ1n) is 9.08. The van der Waals surface area contributed by atoms with E-state index < -0.39 is 5.60 Å². The molecule has 0 saturated carbocycles. The Morgan fingerprint density at radius 3 is 2.83 bits per heavy atom. The van der Waals surface area contributed by atoms with Crippen molar-refractivity contribution in [3.8, 4) is 22.5 Å². The molecule has 0 aliphatic carbocycles. The first-order valence-corrected chi connectivity index (χ1v) is 10.6. The second-order valence-electron chi connectivity index (χ2n) is 6.69. The van der Waals surface area contributed by atoms with Crippen molar-refractivity contribution >= 4 is 40.6 Å². The normalized spacial score (nSPS) is 18.3. The van der Waals surface area contributed by atoms with Crippen LogP contribution in [0.4, 0.5) is 5.82 Å². The molecule has 1 aromatic carbocycles. The number of aliphatic hydroxyl groups excluding tert-OH is 1. The molecule has 1 saturated heterocycles. The summed E-state index contributed by atoms with van der Waals surface area (Å²) in [5.41, 5.74) is 0.646. The molecule has 3 heterocycles. The maximum atomic E-state index is 9.11. The van der Waals surface area contributed by atoms with Crippen LogP contribution in [-0.2, 0) is 11.3 Å². The van der Waals surface area contributed by atoms with Gasteiger partial charge in [0.15, 0.2) is 16.6 Å². The van der Waals surface area contributed by atoms with E-state index in [4.69, 9.17) is 33.0 Å². The second kappa shape index (κ2) is 8.84. The van der Waals surface area contributed by atoms with Crippen molar-refractivity contribution < 1.29 is 9.84 Å². The van der Waals surface area contributed by atoms with Gasteiger partial charge >= 0.3 is 0 Å². The fraction of sp³-hybridized carbons (Fsp3) is 0.300. The number of ether oxygens (including phenoxy) is 1. The Balaban J connectivity index is 1.51. The predicted octanol–water partition coefficient (Wildman–Crippen LogP) is 3.44. The molecular weight excluding hydrogens is 445 g/mol. The molecule has 1 atom stereocenters. The smallest absolute Gasteiger partial charge is 0.168 e. The molecule has 10 heteroatoms. The molecule has 1 unspecified atom stereocenters. The Labute approximate surface area is 187 Å². The average molecular weight is 462 g/mol. The zero-order chi connectivity index (χ0) is 21.1. The first-order chi connectivity index (χ1) is 14.5. The largest absolute Gasteiger partial charge is 0.388 e. The molecule has 4 rings (SSSR count). The molecule has 7 nitrogen and oxygen atoms in total. The van der Waals surface area contributed by atoms with Crippen LogP contribution < -0.4 is 4.90 Å². The van der Waals surface area contributed by atoms with Gasteiger partial charge < -0.3 is 14.7 Å². The fourth-order valence-corrected chi connectivity index (χ4v) is 4.08. The molecule has 0 amide bonds. The zero-order valence-electron chi connectivity index (χ0n) is 16.0. The lowest BCUT2D eigenvalue weighted by molar-refractivity contribution is 0.0602. The Bertz CT molecular complexity index is 1110. The van der Waals surface area contributed by atoms with Crippen molar-refractivity contribution in [2.24, 2.45) is 0 Å². The van der Waals surface area contributed by atoms with E-state index in [0.717, 1.165) is 12.4 Å². The highest BCUT2D eigenvalue weighted by Gasteiger charge is 2.37. The summed E-state index contributed by atoms with van der Waals surface area (Å²) in [4.78, 5) is 6.29. The number of rotatable bonds is 4. The van der Waals surface area contributed by atoms with E-state index >= 15 is 0 Å². The maximum absolute atomic E-state index is 9.11. The minimum Gasteiger partial charge on any atom is -0.388 e. The minimum absolute atomic E-state index is 0.198. The van der Waals surface area contributed by atoms with Crippen molar-refractivity contribution in [1.29, 1.82) is 0 Å². The molecule has 2 aromatic heterocycles. The summed E-state index contributed by atoms with van der Waals surface area (Å²) < 4.78 is 9.82. The van der Waals surface area contributed by atoms with Crippen molar-refractivity contribution in [2.75, 3.05) is 25.1 Å². The lowest BCUT2D eigenvalue weighted by Crippen LogP contribution is -2.34. The van der Waals surface area contributed by atoms with Crippen LogP contribution >= 0.6 is 34.7 Å². The van der Waals surface area contributed by atoms with Gasteiger partial charge in [0.1, 0.15) is 17.9 Å². The molecule has 1 aliphatic heterocycles. The van der Waals surface area contributed by atoms with Gasteiger partial charge in [0, 0.05) is 30.7 Å². The van der Waals surface area contributed by atoms with Crippen LogP contribution in [0.3, 0.4) is 0 Å². The average Bonchev–Trinajstić information content (AvgIpc) is 3.42. The molecule has 154 valence electrons. The van der Waals surface area contributed by atoms with Gasteiger partial charge in [0.05, 0.1) is 11.6 Å². The number of anilines is 1. The summed E-state index contributed by atoms with van der Waals surface area (Å²) in [6.45, 7) is 1.08. The van der Waals surface area contributed by atoms with Crippen LogP contribution in [0, 0.1) is 11.8 Å². The molecular formula is C20H17Cl2N5O2S. The highest BCUT2D eigenvalue weighted by molar-refractivity contribution is 7.09. The number of benzene rings is 1. The highest BCUT2D eigenvalue weighted by Crippen LogP contribution is 2.29. The van der Waals surface area contributed by atoms with Crippen molar-refractivity contribution in [2.45, 2.75) is 18.6 Å². The summed E-state index contributed by atoms with van der Waals surface area (Å²) in [5.74, 6) is 7.45. The van der Waals surface area contributed by atoms with Crippen LogP contribution in [-0.4, -0.2) is 50.5 Å². The van der Waals surface area contributed by atoms with E-state index in [1.165, 1.54) is 11.5 Å². The Morgan fingerprint density at radius 1 is 1.27 bits per heavy atom. The monoisotopic (exact) mass is 461 g/mol. The first kappa shape index (κ1) is 21.0. The number of halogens is 2. The maximum Gasteiger partial charge on any atom is 0.168 e. The van der Waals surface area contributed by atoms with Crippen LogP contribution in [0.1, 0.15) is 17.8 Å². The lowest BCUT2D eigenvalue weighted by atomic mass is 10.0. The van der Waals surface area contributed by atoms with Gasteiger partial charge in [-0.25, -0.2) is 4.98 Å². The van der Waals surface area contributed by atoms with Gasteiger partial charge in [0.25, 0.3) is 0 Å². The summed E-state index contributed by atoms with van der Waals surface area (Å²) in [6, 6.07) is 8.93. The number of aromatic nitrogens is 4. The molecule has 1 fully saturated rings. The summed E-state index contributed by atoms with van der Waals surface area (Å²) in [6.07, 6.45) is 0.717. The summed E-state index contributed by atoms with van der Waals surface area (Å²) >= 11 is 13.4. The van der Waals surface area contributed by atoms with E-state index in [9.17, 15) is 0 Å².